The second-order valence-electron chi connectivity index (χ2n) is 3.49. The van der Waals surface area contributed by atoms with Gasteiger partial charge in [0.2, 0.25) is 0 Å². The molecule has 0 aliphatic carbocycles. The van der Waals surface area contributed by atoms with E-state index in [0.29, 0.717) is 0 Å². The maximum atomic E-state index is 13.0. The van der Waals surface area contributed by atoms with Gasteiger partial charge >= 0.3 is 0 Å². The van der Waals surface area contributed by atoms with Crippen LogP contribution < -0.4 is 4.90 Å². The van der Waals surface area contributed by atoms with E-state index in [0.717, 1.165) is 24.3 Å². The highest BCUT2D eigenvalue weighted by molar-refractivity contribution is 7.80. The number of nitrogens with zero attached hydrogens (tertiary/aromatic N) is 1. The SMILES string of the molecule is CN(C)c1cc(F)ccc1CCCS. The van der Waals surface area contributed by atoms with Gasteiger partial charge in [-0.25, -0.2) is 4.39 Å². The van der Waals surface area contributed by atoms with Crippen molar-refractivity contribution in [1.29, 1.82) is 0 Å². The molecule has 0 amide bonds. The molecule has 0 atom stereocenters. The van der Waals surface area contributed by atoms with Crippen LogP contribution in [0.3, 0.4) is 0 Å². The number of rotatable bonds is 4. The topological polar surface area (TPSA) is 3.24 Å². The van der Waals surface area contributed by atoms with Crippen molar-refractivity contribution >= 4 is 18.3 Å². The number of thiol groups is 1. The summed E-state index contributed by atoms with van der Waals surface area (Å²) < 4.78 is 13.0. The first-order valence-corrected chi connectivity index (χ1v) is 5.35. The summed E-state index contributed by atoms with van der Waals surface area (Å²) in [6.07, 6.45) is 1.98. The average Bonchev–Trinajstić information content (AvgIpc) is 2.15. The monoisotopic (exact) mass is 213 g/mol. The lowest BCUT2D eigenvalue weighted by atomic mass is 10.1. The number of halogens is 1. The van der Waals surface area contributed by atoms with Gasteiger partial charge in [0.05, 0.1) is 0 Å². The molecule has 1 rings (SSSR count). The summed E-state index contributed by atoms with van der Waals surface area (Å²) in [5, 5.41) is 0. The zero-order valence-corrected chi connectivity index (χ0v) is 9.52. The van der Waals surface area contributed by atoms with Crippen molar-refractivity contribution in [2.45, 2.75) is 12.8 Å². The molecule has 78 valence electrons. The Hall–Kier alpha value is -0.700. The molecule has 0 saturated carbocycles. The fourth-order valence-electron chi connectivity index (χ4n) is 1.43. The molecule has 0 fully saturated rings. The maximum absolute atomic E-state index is 13.0. The Labute approximate surface area is 90.3 Å². The fraction of sp³-hybridized carbons (Fsp3) is 0.455. The van der Waals surface area contributed by atoms with Gasteiger partial charge in [-0.3, -0.25) is 0 Å². The lowest BCUT2D eigenvalue weighted by molar-refractivity contribution is 0.626. The van der Waals surface area contributed by atoms with E-state index in [-0.39, 0.29) is 5.82 Å². The molecule has 0 bridgehead atoms. The number of aryl methyl sites for hydroxylation is 1. The van der Waals surface area contributed by atoms with Gasteiger partial charge in [-0.05, 0) is 36.3 Å². The van der Waals surface area contributed by atoms with Gasteiger partial charge in [0.1, 0.15) is 5.82 Å². The quantitative estimate of drug-likeness (QED) is 0.753. The second kappa shape index (κ2) is 5.25. The van der Waals surface area contributed by atoms with Gasteiger partial charge < -0.3 is 4.90 Å². The van der Waals surface area contributed by atoms with Crippen molar-refractivity contribution in [3.05, 3.63) is 29.6 Å². The molecule has 0 aliphatic rings. The van der Waals surface area contributed by atoms with Crippen LogP contribution in [0.5, 0.6) is 0 Å². The standard InChI is InChI=1S/C11H16FNS/c1-13(2)11-8-10(12)6-5-9(11)4-3-7-14/h5-6,8,14H,3-4,7H2,1-2H3. The summed E-state index contributed by atoms with van der Waals surface area (Å²) in [6, 6.07) is 4.95. The number of hydrogen-bond acceptors (Lipinski definition) is 2. The zero-order valence-electron chi connectivity index (χ0n) is 8.63. The van der Waals surface area contributed by atoms with Gasteiger partial charge in [-0.15, -0.1) is 0 Å². The largest absolute Gasteiger partial charge is 0.377 e. The Morgan fingerprint density at radius 1 is 1.36 bits per heavy atom. The average molecular weight is 213 g/mol. The minimum atomic E-state index is -0.177. The Bertz CT molecular complexity index is 299. The van der Waals surface area contributed by atoms with Crippen molar-refractivity contribution in [2.24, 2.45) is 0 Å². The number of hydrogen-bond donors (Lipinski definition) is 1. The van der Waals surface area contributed by atoms with Crippen LogP contribution in [0.1, 0.15) is 12.0 Å². The highest BCUT2D eigenvalue weighted by atomic mass is 32.1. The Morgan fingerprint density at radius 2 is 2.07 bits per heavy atom. The van der Waals surface area contributed by atoms with Gasteiger partial charge in [0.25, 0.3) is 0 Å². The molecule has 0 saturated heterocycles. The van der Waals surface area contributed by atoms with Gasteiger partial charge in [-0.1, -0.05) is 6.07 Å². The van der Waals surface area contributed by atoms with Gasteiger partial charge in [0, 0.05) is 19.8 Å². The third-order valence-electron chi connectivity index (χ3n) is 2.13. The maximum Gasteiger partial charge on any atom is 0.125 e. The third kappa shape index (κ3) is 2.91. The van der Waals surface area contributed by atoms with Crippen LogP contribution in [0, 0.1) is 5.82 Å². The summed E-state index contributed by atoms with van der Waals surface area (Å²) in [4.78, 5) is 1.94. The first-order chi connectivity index (χ1) is 6.65. The van der Waals surface area contributed by atoms with E-state index in [4.69, 9.17) is 0 Å². The first kappa shape index (κ1) is 11.4. The summed E-state index contributed by atoms with van der Waals surface area (Å²) in [5.74, 6) is 0.688. The van der Waals surface area contributed by atoms with Crippen LogP contribution in [0.15, 0.2) is 18.2 Å². The van der Waals surface area contributed by atoms with Gasteiger partial charge in [0.15, 0.2) is 0 Å². The lowest BCUT2D eigenvalue weighted by Crippen LogP contribution is -2.11. The number of anilines is 1. The summed E-state index contributed by atoms with van der Waals surface area (Å²) in [6.45, 7) is 0. The predicted octanol–water partition coefficient (Wildman–Crippen LogP) is 2.75. The van der Waals surface area contributed by atoms with Crippen LogP contribution in [0.25, 0.3) is 0 Å². The first-order valence-electron chi connectivity index (χ1n) is 4.71. The Morgan fingerprint density at radius 3 is 2.64 bits per heavy atom. The highest BCUT2D eigenvalue weighted by Gasteiger charge is 2.05. The van der Waals surface area contributed by atoms with Crippen molar-refractivity contribution in [1.82, 2.24) is 0 Å². The summed E-state index contributed by atoms with van der Waals surface area (Å²) in [7, 11) is 3.86. The van der Waals surface area contributed by atoms with Crippen molar-refractivity contribution in [3.63, 3.8) is 0 Å². The summed E-state index contributed by atoms with van der Waals surface area (Å²) >= 11 is 4.17. The molecule has 0 radical (unpaired) electrons. The fourth-order valence-corrected chi connectivity index (χ4v) is 1.59. The van der Waals surface area contributed by atoms with Crippen molar-refractivity contribution in [3.8, 4) is 0 Å². The molecule has 1 aromatic carbocycles. The van der Waals surface area contributed by atoms with Crippen LogP contribution in [-0.2, 0) is 6.42 Å². The summed E-state index contributed by atoms with van der Waals surface area (Å²) in [5.41, 5.74) is 2.15. The minimum absolute atomic E-state index is 0.177. The molecule has 0 N–H and O–H groups in total. The van der Waals surface area contributed by atoms with Gasteiger partial charge in [-0.2, -0.15) is 12.6 Å². The molecule has 0 aromatic heterocycles. The van der Waals surface area contributed by atoms with Crippen molar-refractivity contribution in [2.75, 3.05) is 24.7 Å². The second-order valence-corrected chi connectivity index (χ2v) is 3.94. The molecule has 0 heterocycles. The Balaban J connectivity index is 2.90. The third-order valence-corrected chi connectivity index (χ3v) is 2.45. The van der Waals surface area contributed by atoms with E-state index >= 15 is 0 Å². The molecule has 0 aliphatic heterocycles. The minimum Gasteiger partial charge on any atom is -0.377 e. The molecule has 0 spiro atoms. The molecule has 0 unspecified atom stereocenters. The van der Waals surface area contributed by atoms with E-state index in [2.05, 4.69) is 12.6 Å². The molecule has 14 heavy (non-hydrogen) atoms. The van der Waals surface area contributed by atoms with E-state index in [1.165, 1.54) is 11.6 Å². The van der Waals surface area contributed by atoms with Crippen LogP contribution >= 0.6 is 12.6 Å². The zero-order chi connectivity index (χ0) is 10.6. The van der Waals surface area contributed by atoms with E-state index in [1.807, 2.05) is 25.1 Å². The van der Waals surface area contributed by atoms with Crippen LogP contribution in [0.4, 0.5) is 10.1 Å². The molecular formula is C11H16FNS. The molecule has 3 heteroatoms. The highest BCUT2D eigenvalue weighted by Crippen LogP contribution is 2.21. The van der Waals surface area contributed by atoms with Crippen LogP contribution in [-0.4, -0.2) is 19.8 Å². The Kier molecular flexibility index (Phi) is 4.26. The smallest absolute Gasteiger partial charge is 0.125 e. The van der Waals surface area contributed by atoms with E-state index in [1.54, 1.807) is 6.07 Å². The van der Waals surface area contributed by atoms with E-state index < -0.39 is 0 Å². The molecular weight excluding hydrogens is 197 g/mol. The van der Waals surface area contributed by atoms with E-state index in [9.17, 15) is 4.39 Å². The normalized spacial score (nSPS) is 10.3. The lowest BCUT2D eigenvalue weighted by Gasteiger charge is -2.17. The van der Waals surface area contributed by atoms with Crippen molar-refractivity contribution < 1.29 is 4.39 Å². The predicted molar refractivity (Wildman–Crippen MR) is 62.9 cm³/mol. The van der Waals surface area contributed by atoms with Crippen LogP contribution in [0.2, 0.25) is 0 Å². The molecule has 1 nitrogen and oxygen atoms in total. The molecule has 1 aromatic rings. The number of benzene rings is 1.